The molecule has 2 aromatic carbocycles. The number of hydrogen-bond donors (Lipinski definition) is 2. The fourth-order valence-corrected chi connectivity index (χ4v) is 1.94. The van der Waals surface area contributed by atoms with Gasteiger partial charge in [-0.2, -0.15) is 5.10 Å². The highest BCUT2D eigenvalue weighted by Gasteiger charge is 2.08. The van der Waals surface area contributed by atoms with Crippen LogP contribution in [0.5, 0.6) is 0 Å². The van der Waals surface area contributed by atoms with Crippen molar-refractivity contribution in [2.45, 2.75) is 13.3 Å². The highest BCUT2D eigenvalue weighted by Crippen LogP contribution is 2.15. The van der Waals surface area contributed by atoms with Crippen molar-refractivity contribution in [3.63, 3.8) is 0 Å². The van der Waals surface area contributed by atoms with E-state index < -0.39 is 4.92 Å². The number of nitrogens with one attached hydrogen (secondary N) is 2. The van der Waals surface area contributed by atoms with Crippen molar-refractivity contribution in [2.24, 2.45) is 5.10 Å². The molecule has 0 aliphatic rings. The van der Waals surface area contributed by atoms with E-state index in [1.807, 2.05) is 0 Å². The second-order valence-corrected chi connectivity index (χ2v) is 5.18. The van der Waals surface area contributed by atoms with E-state index in [4.69, 9.17) is 0 Å². The Bertz CT molecular complexity index is 801. The van der Waals surface area contributed by atoms with Gasteiger partial charge in [-0.3, -0.25) is 19.7 Å². The smallest absolute Gasteiger partial charge is 0.271 e. The lowest BCUT2D eigenvalue weighted by atomic mass is 10.2. The van der Waals surface area contributed by atoms with E-state index in [-0.39, 0.29) is 23.9 Å². The molecule has 0 aliphatic heterocycles. The summed E-state index contributed by atoms with van der Waals surface area (Å²) in [6.07, 6.45) is -0.0218. The minimum Gasteiger partial charge on any atom is -0.326 e. The van der Waals surface area contributed by atoms with E-state index in [0.717, 1.165) is 0 Å². The summed E-state index contributed by atoms with van der Waals surface area (Å²) in [5.74, 6) is -0.709. The van der Waals surface area contributed by atoms with Gasteiger partial charge in [-0.1, -0.05) is 18.2 Å². The molecule has 0 aliphatic carbocycles. The molecule has 8 nitrogen and oxygen atoms in total. The van der Waals surface area contributed by atoms with Crippen molar-refractivity contribution in [1.29, 1.82) is 0 Å². The average molecular weight is 340 g/mol. The first-order valence-electron chi connectivity index (χ1n) is 7.38. The van der Waals surface area contributed by atoms with Gasteiger partial charge in [0.05, 0.1) is 11.3 Å². The maximum absolute atomic E-state index is 11.9. The molecule has 0 saturated carbocycles. The van der Waals surface area contributed by atoms with Crippen LogP contribution in [0.25, 0.3) is 0 Å². The lowest BCUT2D eigenvalue weighted by Crippen LogP contribution is -2.21. The summed E-state index contributed by atoms with van der Waals surface area (Å²) in [4.78, 5) is 33.8. The van der Waals surface area contributed by atoms with Crippen LogP contribution >= 0.6 is 0 Å². The Morgan fingerprint density at radius 2 is 1.72 bits per heavy atom. The topological polar surface area (TPSA) is 114 Å². The number of hydrazone groups is 1. The van der Waals surface area contributed by atoms with Gasteiger partial charge in [-0.25, -0.2) is 5.43 Å². The number of benzene rings is 2. The number of carbonyl (C=O) groups excluding carboxylic acids is 2. The third kappa shape index (κ3) is 5.54. The molecule has 0 aromatic heterocycles. The van der Waals surface area contributed by atoms with E-state index in [0.29, 0.717) is 17.0 Å². The monoisotopic (exact) mass is 340 g/mol. The molecule has 2 aromatic rings. The van der Waals surface area contributed by atoms with Gasteiger partial charge in [-0.15, -0.1) is 0 Å². The molecule has 0 unspecified atom stereocenters. The van der Waals surface area contributed by atoms with Crippen LogP contribution in [-0.4, -0.2) is 22.4 Å². The Morgan fingerprint density at radius 1 is 1.08 bits per heavy atom. The van der Waals surface area contributed by atoms with E-state index in [1.54, 1.807) is 37.3 Å². The first-order valence-corrected chi connectivity index (χ1v) is 7.38. The van der Waals surface area contributed by atoms with Crippen LogP contribution in [0.3, 0.4) is 0 Å². The molecule has 0 fully saturated rings. The third-order valence-electron chi connectivity index (χ3n) is 3.16. The summed E-state index contributed by atoms with van der Waals surface area (Å²) in [6.45, 7) is 1.61. The molecule has 2 rings (SSSR count). The fourth-order valence-electron chi connectivity index (χ4n) is 1.94. The summed E-state index contributed by atoms with van der Waals surface area (Å²) in [5.41, 5.74) is 3.65. The van der Waals surface area contributed by atoms with Crippen molar-refractivity contribution >= 4 is 28.9 Å². The van der Waals surface area contributed by atoms with Gasteiger partial charge in [0.2, 0.25) is 5.91 Å². The number of nitro groups is 1. The molecular formula is C17H16N4O4. The Hall–Kier alpha value is -3.55. The van der Waals surface area contributed by atoms with E-state index in [9.17, 15) is 19.7 Å². The van der Waals surface area contributed by atoms with Crippen LogP contribution in [0.4, 0.5) is 11.4 Å². The molecule has 2 N–H and O–H groups in total. The maximum Gasteiger partial charge on any atom is 0.271 e. The Morgan fingerprint density at radius 3 is 2.32 bits per heavy atom. The second-order valence-electron chi connectivity index (χ2n) is 5.18. The lowest BCUT2D eigenvalue weighted by Gasteiger charge is -2.05. The van der Waals surface area contributed by atoms with Gasteiger partial charge < -0.3 is 5.32 Å². The maximum atomic E-state index is 11.9. The minimum absolute atomic E-state index is 0.0218. The molecular weight excluding hydrogens is 324 g/mol. The number of nitrogens with zero attached hydrogens (tertiary/aromatic N) is 2. The quantitative estimate of drug-likeness (QED) is 0.478. The zero-order valence-corrected chi connectivity index (χ0v) is 13.4. The number of anilines is 1. The fraction of sp³-hybridized carbons (Fsp3) is 0.118. The van der Waals surface area contributed by atoms with E-state index >= 15 is 0 Å². The lowest BCUT2D eigenvalue weighted by molar-refractivity contribution is -0.384. The van der Waals surface area contributed by atoms with Gasteiger partial charge >= 0.3 is 0 Å². The van der Waals surface area contributed by atoms with E-state index in [1.165, 1.54) is 24.3 Å². The molecule has 0 heterocycles. The molecule has 0 atom stereocenters. The molecule has 2 amide bonds. The zero-order chi connectivity index (χ0) is 18.2. The molecule has 128 valence electrons. The van der Waals surface area contributed by atoms with Crippen LogP contribution in [0, 0.1) is 10.1 Å². The SMILES string of the molecule is C/C(CC(=O)Nc1ccc([N+](=O)[O-])cc1)=N\NC(=O)c1ccccc1. The van der Waals surface area contributed by atoms with Crippen LogP contribution in [0.1, 0.15) is 23.7 Å². The highest BCUT2D eigenvalue weighted by molar-refractivity contribution is 6.06. The second kappa shape index (κ2) is 8.34. The standard InChI is InChI=1S/C17H16N4O4/c1-12(19-20-17(23)13-5-3-2-4-6-13)11-16(22)18-14-7-9-15(10-8-14)21(24)25/h2-10H,11H2,1H3,(H,18,22)(H,20,23)/b19-12+. The van der Waals surface area contributed by atoms with Crippen LogP contribution in [0.2, 0.25) is 0 Å². The van der Waals surface area contributed by atoms with E-state index in [2.05, 4.69) is 15.8 Å². The minimum atomic E-state index is -0.516. The predicted octanol–water partition coefficient (Wildman–Crippen LogP) is 2.73. The molecule has 0 radical (unpaired) electrons. The Labute approximate surface area is 143 Å². The Kier molecular flexibility index (Phi) is 5.94. The summed E-state index contributed by atoms with van der Waals surface area (Å²) in [5, 5.41) is 17.1. The van der Waals surface area contributed by atoms with Gasteiger partial charge in [0.25, 0.3) is 11.6 Å². The summed E-state index contributed by atoms with van der Waals surface area (Å²) >= 11 is 0. The molecule has 8 heteroatoms. The third-order valence-corrected chi connectivity index (χ3v) is 3.16. The first-order chi connectivity index (χ1) is 12.0. The number of hydrogen-bond acceptors (Lipinski definition) is 5. The summed E-state index contributed by atoms with van der Waals surface area (Å²) in [7, 11) is 0. The van der Waals surface area contributed by atoms with Crippen molar-refractivity contribution in [3.8, 4) is 0 Å². The molecule has 0 bridgehead atoms. The van der Waals surface area contributed by atoms with Gasteiger partial charge in [-0.05, 0) is 31.2 Å². The molecule has 25 heavy (non-hydrogen) atoms. The normalized spacial score (nSPS) is 10.8. The predicted molar refractivity (Wildman–Crippen MR) is 93.4 cm³/mol. The van der Waals surface area contributed by atoms with Crippen LogP contribution < -0.4 is 10.7 Å². The number of carbonyl (C=O) groups is 2. The first kappa shape index (κ1) is 17.8. The number of non-ortho nitro benzene ring substituents is 1. The van der Waals surface area contributed by atoms with Crippen molar-refractivity contribution < 1.29 is 14.5 Å². The van der Waals surface area contributed by atoms with Gasteiger partial charge in [0.15, 0.2) is 0 Å². The number of amides is 2. The highest BCUT2D eigenvalue weighted by atomic mass is 16.6. The van der Waals surface area contributed by atoms with Crippen molar-refractivity contribution in [2.75, 3.05) is 5.32 Å². The van der Waals surface area contributed by atoms with Crippen molar-refractivity contribution in [1.82, 2.24) is 5.43 Å². The largest absolute Gasteiger partial charge is 0.326 e. The van der Waals surface area contributed by atoms with Gasteiger partial charge in [0, 0.05) is 29.1 Å². The number of nitro benzene ring substituents is 1. The zero-order valence-electron chi connectivity index (χ0n) is 13.4. The average Bonchev–Trinajstić information content (AvgIpc) is 2.60. The summed E-state index contributed by atoms with van der Waals surface area (Å²) < 4.78 is 0. The van der Waals surface area contributed by atoms with Gasteiger partial charge in [0.1, 0.15) is 0 Å². The summed E-state index contributed by atoms with van der Waals surface area (Å²) in [6, 6.07) is 14.1. The van der Waals surface area contributed by atoms with Crippen LogP contribution in [-0.2, 0) is 4.79 Å². The molecule has 0 saturated heterocycles. The molecule has 0 spiro atoms. The van der Waals surface area contributed by atoms with Crippen LogP contribution in [0.15, 0.2) is 59.7 Å². The number of rotatable bonds is 6. The van der Waals surface area contributed by atoms with Crippen molar-refractivity contribution in [3.05, 3.63) is 70.3 Å². The Balaban J connectivity index is 1.86.